The number of rotatable bonds is 0. The molecule has 7 nitrogen and oxygen atoms in total. The number of aromatic nitrogens is 6. The Morgan fingerprint density at radius 2 is 1.59 bits per heavy atom. The zero-order valence-corrected chi connectivity index (χ0v) is 16.4. The highest BCUT2D eigenvalue weighted by atomic mass is 32.1. The summed E-state index contributed by atoms with van der Waals surface area (Å²) in [5, 5.41) is 11.7. The van der Waals surface area contributed by atoms with E-state index >= 15 is 0 Å². The molecule has 0 radical (unpaired) electrons. The van der Waals surface area contributed by atoms with Crippen molar-refractivity contribution in [2.24, 2.45) is 7.05 Å². The van der Waals surface area contributed by atoms with E-state index in [-0.39, 0.29) is 0 Å². The van der Waals surface area contributed by atoms with Gasteiger partial charge in [-0.3, -0.25) is 0 Å². The highest BCUT2D eigenvalue weighted by Crippen LogP contribution is 2.19. The third kappa shape index (κ3) is 4.95. The van der Waals surface area contributed by atoms with Crippen LogP contribution >= 0.6 is 11.3 Å². The van der Waals surface area contributed by atoms with Gasteiger partial charge in [-0.1, -0.05) is 24.3 Å². The van der Waals surface area contributed by atoms with Crippen LogP contribution in [0.25, 0.3) is 21.3 Å². The standard InChI is InChI=1S/C8H7NO.C8H7NS.C3H6N4/c2*1-6-9-7-4-2-3-5-8(7)10-6;1-3-4-5-6-7(3)2/h2*2-5H,1H3;1-2H3. The third-order valence-corrected chi connectivity index (χ3v) is 4.59. The van der Waals surface area contributed by atoms with Crippen molar-refractivity contribution in [2.75, 3.05) is 0 Å². The molecule has 0 unspecified atom stereocenters. The molecule has 0 aliphatic heterocycles. The minimum atomic E-state index is 0.723. The Kier molecular flexibility index (Phi) is 5.87. The molecule has 8 heteroatoms. The fourth-order valence-corrected chi connectivity index (χ4v) is 3.08. The number of para-hydroxylation sites is 3. The number of nitrogens with zero attached hydrogens (tertiary/aromatic N) is 6. The molecule has 3 aromatic heterocycles. The number of oxazole rings is 1. The molecule has 5 aromatic rings. The third-order valence-electron chi connectivity index (χ3n) is 3.63. The topological polar surface area (TPSA) is 82.5 Å². The Balaban J connectivity index is 0.000000119. The molecule has 2 aromatic carbocycles. The molecule has 0 bridgehead atoms. The zero-order valence-electron chi connectivity index (χ0n) is 15.6. The van der Waals surface area contributed by atoms with E-state index in [9.17, 15) is 0 Å². The number of aryl methyl sites for hydroxylation is 4. The van der Waals surface area contributed by atoms with Gasteiger partial charge in [0.1, 0.15) is 11.3 Å². The van der Waals surface area contributed by atoms with Crippen LogP contribution in [0.3, 0.4) is 0 Å². The lowest BCUT2D eigenvalue weighted by molar-refractivity contribution is 0.561. The lowest BCUT2D eigenvalue weighted by atomic mass is 10.3. The molecular weight excluding hydrogens is 360 g/mol. The highest BCUT2D eigenvalue weighted by Gasteiger charge is 1.97. The van der Waals surface area contributed by atoms with Crippen LogP contribution in [0.2, 0.25) is 0 Å². The van der Waals surface area contributed by atoms with Crippen LogP contribution in [-0.2, 0) is 7.05 Å². The molecule has 0 aliphatic carbocycles. The molecule has 0 saturated heterocycles. The Bertz CT molecular complexity index is 989. The van der Waals surface area contributed by atoms with E-state index in [2.05, 4.69) is 31.6 Å². The van der Waals surface area contributed by atoms with Gasteiger partial charge in [-0.25, -0.2) is 14.6 Å². The monoisotopic (exact) mass is 380 g/mol. The van der Waals surface area contributed by atoms with Crippen LogP contribution in [-0.4, -0.2) is 30.2 Å². The van der Waals surface area contributed by atoms with Crippen molar-refractivity contribution in [3.63, 3.8) is 0 Å². The van der Waals surface area contributed by atoms with Crippen molar-refractivity contribution >= 4 is 32.7 Å². The molecule has 0 saturated carbocycles. The lowest BCUT2D eigenvalue weighted by Gasteiger charge is -1.81. The summed E-state index contributed by atoms with van der Waals surface area (Å²) in [6, 6.07) is 15.9. The Labute approximate surface area is 160 Å². The summed E-state index contributed by atoms with van der Waals surface area (Å²) in [6.07, 6.45) is 0. The second-order valence-corrected chi connectivity index (χ2v) is 6.99. The first kappa shape index (κ1) is 18.7. The molecule has 138 valence electrons. The van der Waals surface area contributed by atoms with E-state index in [1.807, 2.05) is 63.2 Å². The van der Waals surface area contributed by atoms with E-state index in [0.29, 0.717) is 0 Å². The summed E-state index contributed by atoms with van der Waals surface area (Å²) in [4.78, 5) is 8.48. The fourth-order valence-electron chi connectivity index (χ4n) is 2.25. The molecule has 27 heavy (non-hydrogen) atoms. The smallest absolute Gasteiger partial charge is 0.192 e. The summed E-state index contributed by atoms with van der Waals surface area (Å²) < 4.78 is 8.15. The first-order valence-electron chi connectivity index (χ1n) is 8.36. The summed E-state index contributed by atoms with van der Waals surface area (Å²) in [6.45, 7) is 5.73. The largest absolute Gasteiger partial charge is 0.441 e. The Hall–Kier alpha value is -3.13. The highest BCUT2D eigenvalue weighted by molar-refractivity contribution is 7.18. The van der Waals surface area contributed by atoms with Gasteiger partial charge < -0.3 is 4.42 Å². The van der Waals surface area contributed by atoms with Crippen molar-refractivity contribution in [1.29, 1.82) is 0 Å². The first-order valence-corrected chi connectivity index (χ1v) is 9.18. The minimum Gasteiger partial charge on any atom is -0.441 e. The second kappa shape index (κ2) is 8.50. The molecule has 0 spiro atoms. The molecule has 3 heterocycles. The van der Waals surface area contributed by atoms with Crippen molar-refractivity contribution < 1.29 is 4.42 Å². The van der Waals surface area contributed by atoms with Gasteiger partial charge in [0.05, 0.1) is 15.2 Å². The zero-order chi connectivity index (χ0) is 19.2. The number of hydrogen-bond acceptors (Lipinski definition) is 7. The molecule has 0 amide bonds. The number of fused-ring (bicyclic) bond motifs is 2. The van der Waals surface area contributed by atoms with Crippen LogP contribution in [0.5, 0.6) is 0 Å². The number of tetrazole rings is 1. The maximum Gasteiger partial charge on any atom is 0.192 e. The molecule has 5 rings (SSSR count). The van der Waals surface area contributed by atoms with Crippen LogP contribution in [0.1, 0.15) is 16.7 Å². The molecule has 0 fully saturated rings. The summed E-state index contributed by atoms with van der Waals surface area (Å²) in [5.41, 5.74) is 2.91. The van der Waals surface area contributed by atoms with Gasteiger partial charge >= 0.3 is 0 Å². The number of hydrogen-bond donors (Lipinski definition) is 0. The maximum absolute atomic E-state index is 5.26. The molecule has 0 N–H and O–H groups in total. The van der Waals surface area contributed by atoms with Gasteiger partial charge in [0.15, 0.2) is 11.5 Å². The van der Waals surface area contributed by atoms with E-state index in [1.54, 1.807) is 23.1 Å². The van der Waals surface area contributed by atoms with Crippen LogP contribution in [0.15, 0.2) is 52.9 Å². The average molecular weight is 380 g/mol. The van der Waals surface area contributed by atoms with E-state index < -0.39 is 0 Å². The predicted molar refractivity (Wildman–Crippen MR) is 107 cm³/mol. The van der Waals surface area contributed by atoms with Gasteiger partial charge in [0, 0.05) is 14.0 Å². The average Bonchev–Trinajstić information content (AvgIpc) is 3.33. The van der Waals surface area contributed by atoms with Crippen molar-refractivity contribution in [3.05, 3.63) is 65.3 Å². The summed E-state index contributed by atoms with van der Waals surface area (Å²) >= 11 is 1.74. The number of thiazole rings is 1. The number of benzene rings is 2. The van der Waals surface area contributed by atoms with Crippen molar-refractivity contribution in [3.8, 4) is 0 Å². The van der Waals surface area contributed by atoms with Gasteiger partial charge in [-0.2, -0.15) is 0 Å². The first-order chi connectivity index (χ1) is 13.0. The minimum absolute atomic E-state index is 0.723. The van der Waals surface area contributed by atoms with Crippen molar-refractivity contribution in [2.45, 2.75) is 20.8 Å². The quantitative estimate of drug-likeness (QED) is 0.399. The van der Waals surface area contributed by atoms with E-state index in [4.69, 9.17) is 4.42 Å². The van der Waals surface area contributed by atoms with Gasteiger partial charge in [0.25, 0.3) is 0 Å². The lowest BCUT2D eigenvalue weighted by Crippen LogP contribution is -1.92. The SMILES string of the molecule is Cc1nc2ccccc2o1.Cc1nc2ccccc2s1.Cc1nnnn1C. The maximum atomic E-state index is 5.26. The summed E-state index contributed by atoms with van der Waals surface area (Å²) in [5.74, 6) is 1.56. The van der Waals surface area contributed by atoms with E-state index in [1.165, 1.54) is 4.70 Å². The Morgan fingerprint density at radius 1 is 0.889 bits per heavy atom. The predicted octanol–water partition coefficient (Wildman–Crippen LogP) is 4.26. The van der Waals surface area contributed by atoms with Crippen molar-refractivity contribution in [1.82, 2.24) is 30.2 Å². The normalized spacial score (nSPS) is 10.2. The fraction of sp³-hybridized carbons (Fsp3) is 0.211. The molecule has 0 atom stereocenters. The second-order valence-electron chi connectivity index (χ2n) is 5.75. The van der Waals surface area contributed by atoms with Gasteiger partial charge in [-0.15, -0.1) is 16.4 Å². The Morgan fingerprint density at radius 3 is 2.19 bits per heavy atom. The molecule has 0 aliphatic rings. The van der Waals surface area contributed by atoms with Crippen LogP contribution in [0, 0.1) is 20.8 Å². The van der Waals surface area contributed by atoms with Crippen LogP contribution in [0.4, 0.5) is 0 Å². The van der Waals surface area contributed by atoms with Crippen LogP contribution < -0.4 is 0 Å². The van der Waals surface area contributed by atoms with Gasteiger partial charge in [0.2, 0.25) is 0 Å². The molecular formula is C19H20N6OS. The van der Waals surface area contributed by atoms with Gasteiger partial charge in [-0.05, 0) is 48.5 Å². The van der Waals surface area contributed by atoms with E-state index in [0.717, 1.165) is 33.3 Å². The summed E-state index contributed by atoms with van der Waals surface area (Å²) in [7, 11) is 1.80.